The van der Waals surface area contributed by atoms with Crippen molar-refractivity contribution >= 4 is 34.1 Å². The van der Waals surface area contributed by atoms with Crippen LogP contribution in [0.4, 0.5) is 34.1 Å². The molecule has 6 heteroatoms. The van der Waals surface area contributed by atoms with E-state index in [1.54, 1.807) is 0 Å². The zero-order valence-corrected chi connectivity index (χ0v) is 24.6. The molecule has 3 rings (SSSR count). The quantitative estimate of drug-likeness (QED) is 0.391. The van der Waals surface area contributed by atoms with Gasteiger partial charge in [-0.05, 0) is 93.9 Å². The van der Waals surface area contributed by atoms with E-state index in [-0.39, 0.29) is 7.43 Å². The summed E-state index contributed by atoms with van der Waals surface area (Å²) in [6, 6.07) is 25.6. The van der Waals surface area contributed by atoms with Crippen molar-refractivity contribution in [1.29, 1.82) is 0 Å². The third kappa shape index (κ3) is 11.9. The van der Waals surface area contributed by atoms with E-state index in [0.717, 1.165) is 0 Å². The van der Waals surface area contributed by atoms with Gasteiger partial charge in [0, 0.05) is 97.6 Å². The van der Waals surface area contributed by atoms with Gasteiger partial charge in [0.25, 0.3) is 0 Å². The summed E-state index contributed by atoms with van der Waals surface area (Å²) in [5.41, 5.74) is 7.28. The average molecular weight is 509 g/mol. The Morgan fingerprint density at radius 3 is 0.568 bits per heavy atom. The van der Waals surface area contributed by atoms with Crippen molar-refractivity contribution in [3.05, 3.63) is 72.8 Å². The molecule has 0 radical (unpaired) electrons. The summed E-state index contributed by atoms with van der Waals surface area (Å²) in [4.78, 5) is 12.6. The second-order valence-corrected chi connectivity index (χ2v) is 10.0. The minimum Gasteiger partial charge on any atom is -0.378 e. The van der Waals surface area contributed by atoms with Gasteiger partial charge in [-0.3, -0.25) is 0 Å². The summed E-state index contributed by atoms with van der Waals surface area (Å²) in [5, 5.41) is 0. The Hall–Kier alpha value is -3.38. The normalized spacial score (nSPS) is 9.65. The Kier molecular flexibility index (Phi) is 14.9. The number of anilines is 6. The summed E-state index contributed by atoms with van der Waals surface area (Å²) in [7, 11) is 24.5. The Morgan fingerprint density at radius 1 is 0.297 bits per heavy atom. The van der Waals surface area contributed by atoms with Gasteiger partial charge in [-0.1, -0.05) is 7.43 Å². The summed E-state index contributed by atoms with van der Waals surface area (Å²) in [6.45, 7) is 0. The fraction of sp³-hybridized carbons (Fsp3) is 0.419. The molecule has 0 aliphatic carbocycles. The van der Waals surface area contributed by atoms with Crippen LogP contribution in [-0.4, -0.2) is 89.5 Å². The van der Waals surface area contributed by atoms with Gasteiger partial charge in [-0.2, -0.15) is 0 Å². The van der Waals surface area contributed by atoms with E-state index < -0.39 is 0 Å². The van der Waals surface area contributed by atoms with E-state index in [0.29, 0.717) is 0 Å². The lowest BCUT2D eigenvalue weighted by molar-refractivity contribution is 0.505. The van der Waals surface area contributed by atoms with E-state index in [4.69, 9.17) is 0 Å². The minimum absolute atomic E-state index is 0. The molecule has 0 spiro atoms. The van der Waals surface area contributed by atoms with Gasteiger partial charge in [-0.25, -0.2) is 0 Å². The van der Waals surface area contributed by atoms with Crippen molar-refractivity contribution in [2.24, 2.45) is 0 Å². The van der Waals surface area contributed by atoms with Crippen molar-refractivity contribution in [1.82, 2.24) is 4.90 Å². The molecule has 0 aliphatic rings. The topological polar surface area (TPSA) is 19.4 Å². The number of benzene rings is 3. The van der Waals surface area contributed by atoms with Gasteiger partial charge in [-0.15, -0.1) is 0 Å². The predicted molar refractivity (Wildman–Crippen MR) is 171 cm³/mol. The van der Waals surface area contributed by atoms with Crippen LogP contribution in [0.2, 0.25) is 0 Å². The molecule has 3 aromatic rings. The van der Waals surface area contributed by atoms with Crippen LogP contribution < -0.4 is 24.5 Å². The summed E-state index contributed by atoms with van der Waals surface area (Å²) < 4.78 is 0. The second-order valence-electron chi connectivity index (χ2n) is 10.0. The van der Waals surface area contributed by atoms with E-state index in [1.807, 2.05) is 54.2 Å². The molecule has 6 nitrogen and oxygen atoms in total. The highest BCUT2D eigenvalue weighted by Gasteiger charge is 2.05. The maximum absolute atomic E-state index is 2.19. The SMILES string of the molecule is C.CN(C)C.CN(C)c1ccc(N(C)C)cc1.CN(C)c1ccc(N(C)c2ccc(N(C)C)cc2)cc1. The minimum atomic E-state index is 0. The first-order valence-corrected chi connectivity index (χ1v) is 12.2. The Balaban J connectivity index is 0.000000650. The van der Waals surface area contributed by atoms with Gasteiger partial charge < -0.3 is 29.4 Å². The maximum atomic E-state index is 2.19. The molecular weight excluding hydrogens is 456 g/mol. The second kappa shape index (κ2) is 16.4. The van der Waals surface area contributed by atoms with Gasteiger partial charge in [0.05, 0.1) is 0 Å². The highest BCUT2D eigenvalue weighted by Crippen LogP contribution is 2.27. The smallest absolute Gasteiger partial charge is 0.0409 e. The zero-order chi connectivity index (χ0) is 27.4. The van der Waals surface area contributed by atoms with Crippen molar-refractivity contribution in [3.63, 3.8) is 0 Å². The van der Waals surface area contributed by atoms with Crippen molar-refractivity contribution in [3.8, 4) is 0 Å². The molecule has 0 N–H and O–H groups in total. The average Bonchev–Trinajstić information content (AvgIpc) is 2.83. The van der Waals surface area contributed by atoms with Crippen LogP contribution in [0.3, 0.4) is 0 Å². The molecule has 0 bridgehead atoms. The number of hydrogen-bond donors (Lipinski definition) is 0. The molecule has 37 heavy (non-hydrogen) atoms. The lowest BCUT2D eigenvalue weighted by atomic mass is 10.2. The largest absolute Gasteiger partial charge is 0.378 e. The van der Waals surface area contributed by atoms with Crippen molar-refractivity contribution in [2.75, 3.05) is 109 Å². The van der Waals surface area contributed by atoms with Crippen LogP contribution in [0, 0.1) is 0 Å². The summed E-state index contributed by atoms with van der Waals surface area (Å²) in [5.74, 6) is 0. The van der Waals surface area contributed by atoms with Crippen LogP contribution in [0.5, 0.6) is 0 Å². The van der Waals surface area contributed by atoms with Crippen LogP contribution in [0.15, 0.2) is 72.8 Å². The van der Waals surface area contributed by atoms with E-state index >= 15 is 0 Å². The summed E-state index contributed by atoms with van der Waals surface area (Å²) >= 11 is 0. The maximum Gasteiger partial charge on any atom is 0.0409 e. The molecule has 0 heterocycles. The molecule has 0 atom stereocenters. The molecule has 0 aliphatic heterocycles. The van der Waals surface area contributed by atoms with Gasteiger partial charge >= 0.3 is 0 Å². The highest BCUT2D eigenvalue weighted by molar-refractivity contribution is 5.67. The van der Waals surface area contributed by atoms with Crippen LogP contribution >= 0.6 is 0 Å². The Labute approximate surface area is 228 Å². The van der Waals surface area contributed by atoms with Gasteiger partial charge in [0.15, 0.2) is 0 Å². The Morgan fingerprint density at radius 2 is 0.432 bits per heavy atom. The molecular formula is C31H52N6. The molecule has 0 aromatic heterocycles. The fourth-order valence-corrected chi connectivity index (χ4v) is 3.15. The number of rotatable bonds is 6. The van der Waals surface area contributed by atoms with Crippen LogP contribution in [0.1, 0.15) is 7.43 Å². The predicted octanol–water partition coefficient (Wildman–Crippen LogP) is 6.22. The zero-order valence-electron chi connectivity index (χ0n) is 24.6. The highest BCUT2D eigenvalue weighted by atomic mass is 15.1. The first-order chi connectivity index (χ1) is 16.8. The lowest BCUT2D eigenvalue weighted by Gasteiger charge is -2.22. The van der Waals surface area contributed by atoms with E-state index in [2.05, 4.69) is 133 Å². The van der Waals surface area contributed by atoms with Gasteiger partial charge in [0.2, 0.25) is 0 Å². The monoisotopic (exact) mass is 508 g/mol. The third-order valence-corrected chi connectivity index (χ3v) is 5.39. The Bertz CT molecular complexity index is 894. The molecule has 0 saturated heterocycles. The van der Waals surface area contributed by atoms with Crippen LogP contribution in [-0.2, 0) is 0 Å². The molecule has 206 valence electrons. The molecule has 0 amide bonds. The standard InChI is InChI=1S/C17H23N3.C10H16N2.C3H9N.CH4/c1-18(2)14-6-10-16(11-7-14)20(5)17-12-8-15(9-13-17)19(3)4;1-11(2)9-5-7-10(8-6-9)12(3)4;1-4(2)3;/h6-13H,1-5H3;5-8H,1-4H3;1-3H3;1H4. The van der Waals surface area contributed by atoms with Crippen molar-refractivity contribution in [2.45, 2.75) is 7.43 Å². The van der Waals surface area contributed by atoms with E-state index in [9.17, 15) is 0 Å². The summed E-state index contributed by atoms with van der Waals surface area (Å²) in [6.07, 6.45) is 0. The molecule has 0 fully saturated rings. The molecule has 0 saturated carbocycles. The first-order valence-electron chi connectivity index (χ1n) is 12.2. The third-order valence-electron chi connectivity index (χ3n) is 5.39. The van der Waals surface area contributed by atoms with Crippen molar-refractivity contribution < 1.29 is 0 Å². The number of hydrogen-bond acceptors (Lipinski definition) is 6. The van der Waals surface area contributed by atoms with Gasteiger partial charge in [0.1, 0.15) is 0 Å². The lowest BCUT2D eigenvalue weighted by Crippen LogP contribution is -2.12. The molecule has 3 aromatic carbocycles. The van der Waals surface area contributed by atoms with E-state index in [1.165, 1.54) is 34.1 Å². The fourth-order valence-electron chi connectivity index (χ4n) is 3.15. The number of nitrogens with zero attached hydrogens (tertiary/aromatic N) is 6. The first kappa shape index (κ1) is 33.6. The molecule has 0 unspecified atom stereocenters. The van der Waals surface area contributed by atoms with Crippen LogP contribution in [0.25, 0.3) is 0 Å².